The van der Waals surface area contributed by atoms with E-state index in [2.05, 4.69) is 46.2 Å². The highest BCUT2D eigenvalue weighted by molar-refractivity contribution is 7.98. The van der Waals surface area contributed by atoms with Crippen LogP contribution in [-0.2, 0) is 5.75 Å². The van der Waals surface area contributed by atoms with E-state index >= 15 is 0 Å². The van der Waals surface area contributed by atoms with Gasteiger partial charge < -0.3 is 14.3 Å². The van der Waals surface area contributed by atoms with Crippen LogP contribution < -0.4 is 4.90 Å². The van der Waals surface area contributed by atoms with Crippen molar-refractivity contribution in [3.63, 3.8) is 0 Å². The molecular formula is C23H26N4O2S. The average molecular weight is 423 g/mol. The van der Waals surface area contributed by atoms with Crippen LogP contribution >= 0.6 is 11.8 Å². The van der Waals surface area contributed by atoms with E-state index in [0.29, 0.717) is 24.4 Å². The lowest BCUT2D eigenvalue weighted by Gasteiger charge is -2.36. The Bertz CT molecular complexity index is 1020. The Morgan fingerprint density at radius 2 is 1.90 bits per heavy atom. The Kier molecular flexibility index (Phi) is 6.08. The predicted octanol–water partition coefficient (Wildman–Crippen LogP) is 4.25. The molecule has 3 aromatic rings. The van der Waals surface area contributed by atoms with E-state index in [1.165, 1.54) is 11.3 Å². The van der Waals surface area contributed by atoms with Gasteiger partial charge in [0.1, 0.15) is 10.8 Å². The second kappa shape index (κ2) is 8.92. The molecule has 156 valence electrons. The SMILES string of the molecule is Cc1cccc(N2CCN(C(=O)c3cccnc3SCc3c(C)noc3C)CC2)c1. The maximum absolute atomic E-state index is 13.2. The van der Waals surface area contributed by atoms with Crippen LogP contribution in [0.25, 0.3) is 0 Å². The predicted molar refractivity (Wildman–Crippen MR) is 119 cm³/mol. The Labute approximate surface area is 181 Å². The molecule has 4 rings (SSSR count). The van der Waals surface area contributed by atoms with Crippen LogP contribution in [0.4, 0.5) is 5.69 Å². The number of hydrogen-bond acceptors (Lipinski definition) is 6. The molecule has 0 spiro atoms. The second-order valence-corrected chi connectivity index (χ2v) is 8.53. The van der Waals surface area contributed by atoms with Crippen molar-refractivity contribution in [3.8, 4) is 0 Å². The van der Waals surface area contributed by atoms with Gasteiger partial charge in [-0.2, -0.15) is 0 Å². The fourth-order valence-corrected chi connectivity index (χ4v) is 4.82. The molecule has 0 atom stereocenters. The van der Waals surface area contributed by atoms with Gasteiger partial charge in [-0.25, -0.2) is 4.98 Å². The summed E-state index contributed by atoms with van der Waals surface area (Å²) in [4.78, 5) is 22.0. The van der Waals surface area contributed by atoms with Crippen LogP contribution in [0.15, 0.2) is 52.1 Å². The van der Waals surface area contributed by atoms with Crippen molar-refractivity contribution in [3.05, 3.63) is 70.7 Å². The molecular weight excluding hydrogens is 396 g/mol. The summed E-state index contributed by atoms with van der Waals surface area (Å²) in [5, 5.41) is 4.76. The fraction of sp³-hybridized carbons (Fsp3) is 0.348. The first kappa shape index (κ1) is 20.5. The van der Waals surface area contributed by atoms with E-state index in [4.69, 9.17) is 4.52 Å². The van der Waals surface area contributed by atoms with E-state index < -0.39 is 0 Å². The zero-order valence-electron chi connectivity index (χ0n) is 17.6. The van der Waals surface area contributed by atoms with Gasteiger partial charge in [-0.05, 0) is 50.6 Å². The molecule has 0 N–H and O–H groups in total. The lowest BCUT2D eigenvalue weighted by Crippen LogP contribution is -2.49. The molecule has 0 bridgehead atoms. The standard InChI is InChI=1S/C23H26N4O2S/c1-16-6-4-7-19(14-16)26-10-12-27(13-11-26)23(28)20-8-5-9-24-22(20)30-15-21-17(2)25-29-18(21)3/h4-9,14H,10-13,15H2,1-3H3. The number of anilines is 1. The van der Waals surface area contributed by atoms with Crippen molar-refractivity contribution in [2.45, 2.75) is 31.6 Å². The zero-order valence-corrected chi connectivity index (χ0v) is 18.4. The highest BCUT2D eigenvalue weighted by Gasteiger charge is 2.25. The summed E-state index contributed by atoms with van der Waals surface area (Å²) in [7, 11) is 0. The molecule has 0 aliphatic carbocycles. The van der Waals surface area contributed by atoms with Crippen molar-refractivity contribution in [1.82, 2.24) is 15.0 Å². The van der Waals surface area contributed by atoms with Gasteiger partial charge in [0.25, 0.3) is 5.91 Å². The third-order valence-corrected chi connectivity index (χ3v) is 6.50. The summed E-state index contributed by atoms with van der Waals surface area (Å²) in [6.07, 6.45) is 1.74. The number of carbonyl (C=O) groups is 1. The number of piperazine rings is 1. The summed E-state index contributed by atoms with van der Waals surface area (Å²) in [6, 6.07) is 12.2. The smallest absolute Gasteiger partial charge is 0.256 e. The summed E-state index contributed by atoms with van der Waals surface area (Å²) >= 11 is 1.56. The minimum absolute atomic E-state index is 0.0493. The van der Waals surface area contributed by atoms with E-state index in [1.54, 1.807) is 18.0 Å². The summed E-state index contributed by atoms with van der Waals surface area (Å²) < 4.78 is 5.25. The monoisotopic (exact) mass is 422 g/mol. The van der Waals surface area contributed by atoms with E-state index in [9.17, 15) is 4.79 Å². The van der Waals surface area contributed by atoms with Gasteiger partial charge in [-0.3, -0.25) is 4.79 Å². The summed E-state index contributed by atoms with van der Waals surface area (Å²) in [6.45, 7) is 9.02. The highest BCUT2D eigenvalue weighted by Crippen LogP contribution is 2.28. The highest BCUT2D eigenvalue weighted by atomic mass is 32.2. The number of thioether (sulfide) groups is 1. The third-order valence-electron chi connectivity index (χ3n) is 5.47. The van der Waals surface area contributed by atoms with Gasteiger partial charge in [-0.15, -0.1) is 11.8 Å². The Morgan fingerprint density at radius 3 is 2.60 bits per heavy atom. The molecule has 1 amide bonds. The number of aromatic nitrogens is 2. The quantitative estimate of drug-likeness (QED) is 0.573. The van der Waals surface area contributed by atoms with Crippen LogP contribution in [0.1, 0.15) is 32.9 Å². The Balaban J connectivity index is 1.43. The number of amides is 1. The van der Waals surface area contributed by atoms with Crippen LogP contribution in [0.2, 0.25) is 0 Å². The molecule has 0 unspecified atom stereocenters. The summed E-state index contributed by atoms with van der Waals surface area (Å²) in [5.41, 5.74) is 5.09. The van der Waals surface area contributed by atoms with Crippen molar-refractivity contribution in [2.24, 2.45) is 0 Å². The molecule has 30 heavy (non-hydrogen) atoms. The summed E-state index contributed by atoms with van der Waals surface area (Å²) in [5.74, 6) is 1.55. The molecule has 1 fully saturated rings. The third kappa shape index (κ3) is 4.36. The first-order chi connectivity index (χ1) is 14.5. The lowest BCUT2D eigenvalue weighted by molar-refractivity contribution is 0.0742. The van der Waals surface area contributed by atoms with E-state index in [0.717, 1.165) is 35.1 Å². The maximum Gasteiger partial charge on any atom is 0.256 e. The van der Waals surface area contributed by atoms with Gasteiger partial charge >= 0.3 is 0 Å². The number of pyridine rings is 1. The number of nitrogens with zero attached hydrogens (tertiary/aromatic N) is 4. The number of benzene rings is 1. The van der Waals surface area contributed by atoms with Crippen LogP contribution in [-0.4, -0.2) is 47.1 Å². The topological polar surface area (TPSA) is 62.5 Å². The minimum Gasteiger partial charge on any atom is -0.368 e. The van der Waals surface area contributed by atoms with Crippen LogP contribution in [0.5, 0.6) is 0 Å². The molecule has 1 aliphatic rings. The molecule has 1 aromatic carbocycles. The number of carbonyl (C=O) groups excluding carboxylic acids is 1. The molecule has 1 aliphatic heterocycles. The Hall–Kier alpha value is -2.80. The lowest BCUT2D eigenvalue weighted by atomic mass is 10.1. The van der Waals surface area contributed by atoms with Crippen molar-refractivity contribution in [2.75, 3.05) is 31.1 Å². The molecule has 3 heterocycles. The molecule has 1 saturated heterocycles. The van der Waals surface area contributed by atoms with Crippen LogP contribution in [0.3, 0.4) is 0 Å². The molecule has 2 aromatic heterocycles. The zero-order chi connectivity index (χ0) is 21.1. The van der Waals surface area contributed by atoms with Crippen molar-refractivity contribution >= 4 is 23.4 Å². The molecule has 7 heteroatoms. The molecule has 6 nitrogen and oxygen atoms in total. The van der Waals surface area contributed by atoms with Crippen molar-refractivity contribution < 1.29 is 9.32 Å². The first-order valence-corrected chi connectivity index (χ1v) is 11.1. The van der Waals surface area contributed by atoms with Gasteiger partial charge in [0.2, 0.25) is 0 Å². The van der Waals surface area contributed by atoms with Crippen molar-refractivity contribution in [1.29, 1.82) is 0 Å². The second-order valence-electron chi connectivity index (χ2n) is 7.57. The van der Waals surface area contributed by atoms with Crippen LogP contribution in [0, 0.1) is 20.8 Å². The molecule has 0 radical (unpaired) electrons. The molecule has 0 saturated carbocycles. The van der Waals surface area contributed by atoms with Gasteiger partial charge in [0, 0.05) is 49.4 Å². The number of rotatable bonds is 5. The van der Waals surface area contributed by atoms with Gasteiger partial charge in [0.15, 0.2) is 0 Å². The Morgan fingerprint density at radius 1 is 1.10 bits per heavy atom. The van der Waals surface area contributed by atoms with E-state index in [1.807, 2.05) is 30.9 Å². The van der Waals surface area contributed by atoms with Gasteiger partial charge in [0.05, 0.1) is 11.3 Å². The minimum atomic E-state index is 0.0493. The van der Waals surface area contributed by atoms with Gasteiger partial charge in [-0.1, -0.05) is 17.3 Å². The first-order valence-electron chi connectivity index (χ1n) is 10.1. The number of hydrogen-bond donors (Lipinski definition) is 0. The fourth-order valence-electron chi connectivity index (χ4n) is 3.68. The maximum atomic E-state index is 13.2. The van der Waals surface area contributed by atoms with E-state index in [-0.39, 0.29) is 5.91 Å². The number of aryl methyl sites for hydroxylation is 3. The normalized spacial score (nSPS) is 14.2. The average Bonchev–Trinajstić information content (AvgIpc) is 3.09. The largest absolute Gasteiger partial charge is 0.368 e.